The van der Waals surface area contributed by atoms with Crippen LogP contribution in [0, 0.1) is 0 Å². The minimum Gasteiger partial charge on any atom is -0.466 e. The van der Waals surface area contributed by atoms with Crippen molar-refractivity contribution >= 4 is 17.7 Å². The highest BCUT2D eigenvalue weighted by Crippen LogP contribution is 2.18. The van der Waals surface area contributed by atoms with E-state index in [-0.39, 0.29) is 5.97 Å². The lowest BCUT2D eigenvalue weighted by atomic mass is 10.0. The Balaban J connectivity index is 2.05. The van der Waals surface area contributed by atoms with Gasteiger partial charge in [-0.3, -0.25) is 0 Å². The third-order valence-electron chi connectivity index (χ3n) is 3.89. The number of anilines is 1. The smallest absolute Gasteiger partial charge is 0.333 e. The van der Waals surface area contributed by atoms with Gasteiger partial charge in [0.2, 0.25) is 0 Å². The second kappa shape index (κ2) is 8.92. The highest BCUT2D eigenvalue weighted by atomic mass is 16.5. The normalized spacial score (nSPS) is 11.4. The van der Waals surface area contributed by atoms with E-state index >= 15 is 0 Å². The van der Waals surface area contributed by atoms with Crippen LogP contribution in [-0.4, -0.2) is 19.6 Å². The monoisotopic (exact) mass is 323 g/mol. The molecule has 1 N–H and O–H groups in total. The SMILES string of the molecule is COC(=O)/C(=C/c1ccc(C(C)C)cc1)CCNc1ccccc1. The van der Waals surface area contributed by atoms with Crippen LogP contribution in [0.25, 0.3) is 6.08 Å². The molecule has 0 heterocycles. The fourth-order valence-electron chi connectivity index (χ4n) is 2.44. The number of methoxy groups -OCH3 is 1. The fraction of sp³-hybridized carbons (Fsp3) is 0.286. The Morgan fingerprint density at radius 1 is 1.08 bits per heavy atom. The van der Waals surface area contributed by atoms with Crippen LogP contribution in [0.5, 0.6) is 0 Å². The molecule has 0 fully saturated rings. The van der Waals surface area contributed by atoms with Crippen molar-refractivity contribution in [2.24, 2.45) is 0 Å². The van der Waals surface area contributed by atoms with Crippen LogP contribution in [0.2, 0.25) is 0 Å². The highest BCUT2D eigenvalue weighted by molar-refractivity contribution is 5.93. The van der Waals surface area contributed by atoms with Crippen LogP contribution in [0.15, 0.2) is 60.2 Å². The van der Waals surface area contributed by atoms with Crippen LogP contribution < -0.4 is 5.32 Å². The van der Waals surface area contributed by atoms with Crippen LogP contribution in [0.3, 0.4) is 0 Å². The predicted octanol–water partition coefficient (Wildman–Crippen LogP) is 4.87. The van der Waals surface area contributed by atoms with Gasteiger partial charge in [0.05, 0.1) is 7.11 Å². The van der Waals surface area contributed by atoms with Gasteiger partial charge in [-0.1, -0.05) is 56.3 Å². The van der Waals surface area contributed by atoms with Gasteiger partial charge in [0.1, 0.15) is 0 Å². The summed E-state index contributed by atoms with van der Waals surface area (Å²) in [6.45, 7) is 5.01. The van der Waals surface area contributed by atoms with Gasteiger partial charge in [0, 0.05) is 17.8 Å². The Hall–Kier alpha value is -2.55. The number of hydrogen-bond donors (Lipinski definition) is 1. The first-order valence-corrected chi connectivity index (χ1v) is 8.28. The molecule has 2 aromatic carbocycles. The summed E-state index contributed by atoms with van der Waals surface area (Å²) in [4.78, 5) is 12.0. The summed E-state index contributed by atoms with van der Waals surface area (Å²) < 4.78 is 4.91. The lowest BCUT2D eigenvalue weighted by Crippen LogP contribution is -2.10. The fourth-order valence-corrected chi connectivity index (χ4v) is 2.44. The van der Waals surface area contributed by atoms with Crippen molar-refractivity contribution in [3.8, 4) is 0 Å². The molecule has 24 heavy (non-hydrogen) atoms. The lowest BCUT2D eigenvalue weighted by Gasteiger charge is -2.09. The molecule has 0 unspecified atom stereocenters. The Morgan fingerprint density at radius 3 is 2.33 bits per heavy atom. The van der Waals surface area contributed by atoms with E-state index in [9.17, 15) is 4.79 Å². The van der Waals surface area contributed by atoms with E-state index in [0.717, 1.165) is 11.3 Å². The second-order valence-electron chi connectivity index (χ2n) is 6.03. The Morgan fingerprint density at radius 2 is 1.75 bits per heavy atom. The summed E-state index contributed by atoms with van der Waals surface area (Å²) in [5, 5.41) is 3.32. The van der Waals surface area contributed by atoms with Crippen molar-refractivity contribution in [3.05, 3.63) is 71.3 Å². The summed E-state index contributed by atoms with van der Waals surface area (Å²) in [5.74, 6) is 0.218. The van der Waals surface area contributed by atoms with Gasteiger partial charge in [-0.2, -0.15) is 0 Å². The number of hydrogen-bond acceptors (Lipinski definition) is 3. The molecule has 0 atom stereocenters. The number of rotatable bonds is 7. The molecule has 0 aliphatic heterocycles. The molecule has 0 bridgehead atoms. The maximum absolute atomic E-state index is 12.0. The molecular weight excluding hydrogens is 298 g/mol. The lowest BCUT2D eigenvalue weighted by molar-refractivity contribution is -0.136. The molecule has 0 aromatic heterocycles. The van der Waals surface area contributed by atoms with Crippen LogP contribution in [0.1, 0.15) is 37.3 Å². The first-order chi connectivity index (χ1) is 11.6. The molecule has 126 valence electrons. The zero-order valence-corrected chi connectivity index (χ0v) is 14.6. The van der Waals surface area contributed by atoms with Gasteiger partial charge in [0.25, 0.3) is 0 Å². The van der Waals surface area contributed by atoms with Gasteiger partial charge >= 0.3 is 5.97 Å². The quantitative estimate of drug-likeness (QED) is 0.583. The molecule has 0 aliphatic carbocycles. The third-order valence-corrected chi connectivity index (χ3v) is 3.89. The maximum Gasteiger partial charge on any atom is 0.333 e. The van der Waals surface area contributed by atoms with E-state index < -0.39 is 0 Å². The number of esters is 1. The highest BCUT2D eigenvalue weighted by Gasteiger charge is 2.10. The number of carbonyl (C=O) groups excluding carboxylic acids is 1. The van der Waals surface area contributed by atoms with Crippen molar-refractivity contribution in [1.29, 1.82) is 0 Å². The largest absolute Gasteiger partial charge is 0.466 e. The summed E-state index contributed by atoms with van der Waals surface area (Å²) in [6, 6.07) is 18.3. The molecule has 3 nitrogen and oxygen atoms in total. The summed E-state index contributed by atoms with van der Waals surface area (Å²) in [6.07, 6.45) is 2.51. The number of nitrogens with one attached hydrogen (secondary N) is 1. The van der Waals surface area contributed by atoms with Crippen molar-refractivity contribution in [2.75, 3.05) is 19.0 Å². The van der Waals surface area contributed by atoms with Gasteiger partial charge in [-0.25, -0.2) is 4.79 Å². The zero-order chi connectivity index (χ0) is 17.4. The van der Waals surface area contributed by atoms with Gasteiger partial charge in [0.15, 0.2) is 0 Å². The molecule has 0 aliphatic rings. The average molecular weight is 323 g/mol. The van der Waals surface area contributed by atoms with Crippen molar-refractivity contribution in [2.45, 2.75) is 26.2 Å². The van der Waals surface area contributed by atoms with E-state index in [1.54, 1.807) is 0 Å². The molecule has 0 saturated heterocycles. The molecule has 2 rings (SSSR count). The van der Waals surface area contributed by atoms with Crippen molar-refractivity contribution in [3.63, 3.8) is 0 Å². The van der Waals surface area contributed by atoms with E-state index in [1.165, 1.54) is 12.7 Å². The van der Waals surface area contributed by atoms with Gasteiger partial charge < -0.3 is 10.1 Å². The van der Waals surface area contributed by atoms with E-state index in [1.807, 2.05) is 48.5 Å². The van der Waals surface area contributed by atoms with Crippen LogP contribution >= 0.6 is 0 Å². The number of para-hydroxylation sites is 1. The van der Waals surface area contributed by atoms with Gasteiger partial charge in [-0.05, 0) is 41.7 Å². The third kappa shape index (κ3) is 5.27. The zero-order valence-electron chi connectivity index (χ0n) is 14.6. The van der Waals surface area contributed by atoms with Gasteiger partial charge in [-0.15, -0.1) is 0 Å². The van der Waals surface area contributed by atoms with Crippen LogP contribution in [0.4, 0.5) is 5.69 Å². The minimum atomic E-state index is -0.280. The Labute approximate surface area is 144 Å². The number of benzene rings is 2. The Kier molecular flexibility index (Phi) is 6.62. The molecule has 3 heteroatoms. The maximum atomic E-state index is 12.0. The average Bonchev–Trinajstić information content (AvgIpc) is 2.61. The molecule has 0 radical (unpaired) electrons. The topological polar surface area (TPSA) is 38.3 Å². The molecule has 0 saturated carbocycles. The predicted molar refractivity (Wildman–Crippen MR) is 100 cm³/mol. The summed E-state index contributed by atoms with van der Waals surface area (Å²) in [7, 11) is 1.42. The molecule has 2 aromatic rings. The second-order valence-corrected chi connectivity index (χ2v) is 6.03. The standard InChI is InChI=1S/C21H25NO2/c1-16(2)18-11-9-17(10-12-18)15-19(21(23)24-3)13-14-22-20-7-5-4-6-8-20/h4-12,15-16,22H,13-14H2,1-3H3/b19-15+. The van der Waals surface area contributed by atoms with E-state index in [0.29, 0.717) is 24.5 Å². The first-order valence-electron chi connectivity index (χ1n) is 8.28. The first kappa shape index (κ1) is 17.8. The Bertz CT molecular complexity index is 673. The molecule has 0 amide bonds. The minimum absolute atomic E-state index is 0.280. The number of carbonyl (C=O) groups is 1. The van der Waals surface area contributed by atoms with Crippen molar-refractivity contribution in [1.82, 2.24) is 0 Å². The van der Waals surface area contributed by atoms with Crippen molar-refractivity contribution < 1.29 is 9.53 Å². The molecule has 0 spiro atoms. The molecular formula is C21H25NO2. The summed E-state index contributed by atoms with van der Waals surface area (Å²) in [5.41, 5.74) is 4.01. The van der Waals surface area contributed by atoms with Crippen LogP contribution in [-0.2, 0) is 9.53 Å². The van der Waals surface area contributed by atoms with E-state index in [4.69, 9.17) is 4.74 Å². The summed E-state index contributed by atoms with van der Waals surface area (Å²) >= 11 is 0. The number of ether oxygens (including phenoxy) is 1. The van der Waals surface area contributed by atoms with E-state index in [2.05, 4.69) is 31.3 Å².